The lowest BCUT2D eigenvalue weighted by molar-refractivity contribution is -0.125. The first-order chi connectivity index (χ1) is 9.40. The SMILES string of the molecule is CC(C)NC(=O)C1CC1C(=O)Nc1c(F)cccc1F. The number of para-hydroxylation sites is 1. The third-order valence-electron chi connectivity index (χ3n) is 3.11. The molecule has 1 saturated carbocycles. The largest absolute Gasteiger partial charge is 0.354 e. The van der Waals surface area contributed by atoms with E-state index in [1.165, 1.54) is 6.07 Å². The van der Waals surface area contributed by atoms with Gasteiger partial charge in [0.15, 0.2) is 0 Å². The number of carbonyl (C=O) groups is 2. The second-order valence-electron chi connectivity index (χ2n) is 5.20. The van der Waals surface area contributed by atoms with Gasteiger partial charge >= 0.3 is 0 Å². The third-order valence-corrected chi connectivity index (χ3v) is 3.11. The average Bonchev–Trinajstić information content (AvgIpc) is 3.13. The van der Waals surface area contributed by atoms with Crippen molar-refractivity contribution in [3.8, 4) is 0 Å². The van der Waals surface area contributed by atoms with Gasteiger partial charge in [-0.25, -0.2) is 8.78 Å². The van der Waals surface area contributed by atoms with Crippen molar-refractivity contribution in [1.82, 2.24) is 5.32 Å². The fourth-order valence-electron chi connectivity index (χ4n) is 2.00. The van der Waals surface area contributed by atoms with Crippen molar-refractivity contribution >= 4 is 17.5 Å². The van der Waals surface area contributed by atoms with Gasteiger partial charge in [-0.3, -0.25) is 9.59 Å². The molecule has 20 heavy (non-hydrogen) atoms. The molecule has 1 aliphatic rings. The molecule has 2 atom stereocenters. The molecule has 1 aliphatic carbocycles. The molecule has 2 amide bonds. The maximum absolute atomic E-state index is 13.4. The lowest BCUT2D eigenvalue weighted by atomic mass is 10.2. The molecule has 4 nitrogen and oxygen atoms in total. The van der Waals surface area contributed by atoms with Crippen molar-refractivity contribution in [1.29, 1.82) is 0 Å². The summed E-state index contributed by atoms with van der Waals surface area (Å²) in [6.07, 6.45) is 0.403. The van der Waals surface area contributed by atoms with Crippen molar-refractivity contribution in [3.63, 3.8) is 0 Å². The lowest BCUT2D eigenvalue weighted by Crippen LogP contribution is -2.32. The van der Waals surface area contributed by atoms with Crippen LogP contribution in [-0.4, -0.2) is 17.9 Å². The molecule has 0 bridgehead atoms. The van der Waals surface area contributed by atoms with Crippen LogP contribution in [-0.2, 0) is 9.59 Å². The van der Waals surface area contributed by atoms with Crippen LogP contribution >= 0.6 is 0 Å². The summed E-state index contributed by atoms with van der Waals surface area (Å²) >= 11 is 0. The zero-order valence-electron chi connectivity index (χ0n) is 11.2. The van der Waals surface area contributed by atoms with Crippen molar-refractivity contribution in [3.05, 3.63) is 29.8 Å². The van der Waals surface area contributed by atoms with Gasteiger partial charge < -0.3 is 10.6 Å². The van der Waals surface area contributed by atoms with Gasteiger partial charge in [0.2, 0.25) is 11.8 Å². The van der Waals surface area contributed by atoms with Gasteiger partial charge in [-0.2, -0.15) is 0 Å². The number of nitrogens with one attached hydrogen (secondary N) is 2. The van der Waals surface area contributed by atoms with Crippen molar-refractivity contribution in [2.24, 2.45) is 11.8 Å². The number of rotatable bonds is 4. The third kappa shape index (κ3) is 3.12. The van der Waals surface area contributed by atoms with E-state index < -0.39 is 35.1 Å². The molecule has 0 radical (unpaired) electrons. The first-order valence-corrected chi connectivity index (χ1v) is 6.45. The number of hydrogen-bond donors (Lipinski definition) is 2. The Labute approximate surface area is 115 Å². The predicted octanol–water partition coefficient (Wildman–Crippen LogP) is 2.06. The highest BCUT2D eigenvalue weighted by molar-refractivity contribution is 5.99. The molecule has 0 spiro atoms. The lowest BCUT2D eigenvalue weighted by Gasteiger charge is -2.09. The van der Waals surface area contributed by atoms with Gasteiger partial charge in [-0.1, -0.05) is 6.07 Å². The summed E-state index contributed by atoms with van der Waals surface area (Å²) in [6, 6.07) is 3.34. The Hall–Kier alpha value is -1.98. The monoisotopic (exact) mass is 282 g/mol. The van der Waals surface area contributed by atoms with Crippen molar-refractivity contribution < 1.29 is 18.4 Å². The summed E-state index contributed by atoms with van der Waals surface area (Å²) in [5.74, 6) is -3.32. The van der Waals surface area contributed by atoms with E-state index in [2.05, 4.69) is 10.6 Å². The summed E-state index contributed by atoms with van der Waals surface area (Å²) < 4.78 is 26.8. The minimum atomic E-state index is -0.831. The number of anilines is 1. The molecule has 2 rings (SSSR count). The Morgan fingerprint density at radius 1 is 1.15 bits per heavy atom. The molecule has 2 N–H and O–H groups in total. The van der Waals surface area contributed by atoms with E-state index in [4.69, 9.17) is 0 Å². The molecule has 0 saturated heterocycles. The first-order valence-electron chi connectivity index (χ1n) is 6.45. The molecule has 108 valence electrons. The van der Waals surface area contributed by atoms with Gasteiger partial charge in [0.1, 0.15) is 17.3 Å². The smallest absolute Gasteiger partial charge is 0.228 e. The molecule has 1 aromatic rings. The Kier molecular flexibility index (Phi) is 4.01. The van der Waals surface area contributed by atoms with Crippen LogP contribution in [0.25, 0.3) is 0 Å². The fraction of sp³-hybridized carbons (Fsp3) is 0.429. The number of amides is 2. The van der Waals surface area contributed by atoms with Crippen LogP contribution in [0.5, 0.6) is 0 Å². The summed E-state index contributed by atoms with van der Waals surface area (Å²) in [6.45, 7) is 3.65. The Bertz CT molecular complexity index is 526. The van der Waals surface area contributed by atoms with Crippen molar-refractivity contribution in [2.45, 2.75) is 26.3 Å². The molecule has 1 aromatic carbocycles. The summed E-state index contributed by atoms with van der Waals surface area (Å²) in [5, 5.41) is 4.92. The standard InChI is InChI=1S/C14H16F2N2O2/c1-7(2)17-13(19)8-6-9(8)14(20)18-12-10(15)4-3-5-11(12)16/h3-5,7-9H,6H2,1-2H3,(H,17,19)(H,18,20). The van der Waals surface area contributed by atoms with E-state index in [9.17, 15) is 18.4 Å². The van der Waals surface area contributed by atoms with Gasteiger partial charge in [-0.05, 0) is 32.4 Å². The van der Waals surface area contributed by atoms with Crippen molar-refractivity contribution in [2.75, 3.05) is 5.32 Å². The Balaban J connectivity index is 1.96. The summed E-state index contributed by atoms with van der Waals surface area (Å²) in [5.41, 5.74) is -0.465. The van der Waals surface area contributed by atoms with Crippen LogP contribution in [0.3, 0.4) is 0 Å². The maximum Gasteiger partial charge on any atom is 0.228 e. The maximum atomic E-state index is 13.4. The van der Waals surface area contributed by atoms with E-state index in [1.807, 2.05) is 13.8 Å². The van der Waals surface area contributed by atoms with Gasteiger partial charge in [0.25, 0.3) is 0 Å². The topological polar surface area (TPSA) is 58.2 Å². The number of benzene rings is 1. The quantitative estimate of drug-likeness (QED) is 0.888. The van der Waals surface area contributed by atoms with Crippen LogP contribution in [0.15, 0.2) is 18.2 Å². The summed E-state index contributed by atoms with van der Waals surface area (Å²) in [4.78, 5) is 23.5. The Morgan fingerprint density at radius 3 is 2.25 bits per heavy atom. The first kappa shape index (κ1) is 14.4. The van der Waals surface area contributed by atoms with E-state index >= 15 is 0 Å². The molecular weight excluding hydrogens is 266 g/mol. The van der Waals surface area contributed by atoms with E-state index in [0.29, 0.717) is 6.42 Å². The van der Waals surface area contributed by atoms with Gasteiger partial charge in [-0.15, -0.1) is 0 Å². The van der Waals surface area contributed by atoms with E-state index in [1.54, 1.807) is 0 Å². The summed E-state index contributed by atoms with van der Waals surface area (Å²) in [7, 11) is 0. The number of carbonyl (C=O) groups excluding carboxylic acids is 2. The van der Waals surface area contributed by atoms with Crippen LogP contribution in [0.4, 0.5) is 14.5 Å². The highest BCUT2D eigenvalue weighted by Crippen LogP contribution is 2.39. The van der Waals surface area contributed by atoms with Crippen LogP contribution in [0.2, 0.25) is 0 Å². The minimum absolute atomic E-state index is 0.00387. The highest BCUT2D eigenvalue weighted by atomic mass is 19.1. The van der Waals surface area contributed by atoms with E-state index in [-0.39, 0.29) is 11.9 Å². The number of halogens is 2. The minimum Gasteiger partial charge on any atom is -0.354 e. The molecule has 0 aliphatic heterocycles. The van der Waals surface area contributed by atoms with Crippen LogP contribution in [0, 0.1) is 23.5 Å². The second kappa shape index (κ2) is 5.56. The van der Waals surface area contributed by atoms with Crippen LogP contribution < -0.4 is 10.6 Å². The zero-order valence-corrected chi connectivity index (χ0v) is 11.2. The van der Waals surface area contributed by atoms with Crippen LogP contribution in [0.1, 0.15) is 20.3 Å². The predicted molar refractivity (Wildman–Crippen MR) is 69.9 cm³/mol. The normalized spacial score (nSPS) is 20.6. The number of hydrogen-bond acceptors (Lipinski definition) is 2. The molecule has 1 fully saturated rings. The molecule has 6 heteroatoms. The average molecular weight is 282 g/mol. The zero-order chi connectivity index (χ0) is 14.9. The fourth-order valence-corrected chi connectivity index (χ4v) is 2.00. The molecule has 0 heterocycles. The molecule has 2 unspecified atom stereocenters. The van der Waals surface area contributed by atoms with E-state index in [0.717, 1.165) is 12.1 Å². The van der Waals surface area contributed by atoms with Gasteiger partial charge in [0.05, 0.1) is 11.8 Å². The highest BCUT2D eigenvalue weighted by Gasteiger charge is 2.48. The second-order valence-corrected chi connectivity index (χ2v) is 5.20. The van der Waals surface area contributed by atoms with Gasteiger partial charge in [0, 0.05) is 6.04 Å². The molecule has 0 aromatic heterocycles. The molecular formula is C14H16F2N2O2. The Morgan fingerprint density at radius 2 is 1.70 bits per heavy atom.